The number of allylic oxidation sites excluding steroid dienone is 12. The van der Waals surface area contributed by atoms with Crippen LogP contribution in [0.15, 0.2) is 72.9 Å². The Hall–Kier alpha value is -2.22. The summed E-state index contributed by atoms with van der Waals surface area (Å²) in [5, 5.41) is 50.1. The minimum atomic E-state index is -5.03. The summed E-state index contributed by atoms with van der Waals surface area (Å²) in [6.45, 7) is 4.04. The molecule has 0 aromatic carbocycles. The van der Waals surface area contributed by atoms with E-state index < -0.39 is 63.1 Å². The first-order valence-electron chi connectivity index (χ1n) is 22.8. The monoisotopic (exact) mass is 869 g/mol. The molecule has 0 bridgehead atoms. The van der Waals surface area contributed by atoms with E-state index in [9.17, 15) is 39.8 Å². The number of esters is 1. The van der Waals surface area contributed by atoms with Crippen LogP contribution in [0, 0.1) is 0 Å². The molecule has 6 atom stereocenters. The molecule has 1 aliphatic rings. The fourth-order valence-electron chi connectivity index (χ4n) is 6.43. The molecule has 0 spiro atoms. The van der Waals surface area contributed by atoms with Crippen molar-refractivity contribution in [1.29, 1.82) is 0 Å². The van der Waals surface area contributed by atoms with Gasteiger partial charge in [-0.05, 0) is 83.5 Å². The van der Waals surface area contributed by atoms with E-state index in [1.807, 2.05) is 0 Å². The molecule has 60 heavy (non-hydrogen) atoms. The molecule has 1 saturated carbocycles. The number of ether oxygens (including phenoxy) is 2. The Balaban J connectivity index is 2.43. The third kappa shape index (κ3) is 29.1. The van der Waals surface area contributed by atoms with Gasteiger partial charge in [0.05, 0.1) is 13.2 Å². The average molecular weight is 869 g/mol. The van der Waals surface area contributed by atoms with Crippen LogP contribution in [-0.4, -0.2) is 98.9 Å². The standard InChI is InChI=1S/C47H81O12P/c1-3-5-7-9-11-13-15-17-18-19-20-21-22-23-25-27-29-31-33-35-37-56-38-40(39-57-60(54,55)59-47-45(52)43(50)42(49)44(51)46(47)53)58-41(48)36-34-32-30-28-26-24-16-14-12-10-8-6-4-2/h5,7,11,13-14,16-18,20-21,23,25,40,42-47,49-53H,3-4,6,8-10,12,15,19,22,24,26-39H2,1-2H3,(H,54,55)/b7-5-,13-11-,16-14-,18-17-,21-20-,25-23-. The van der Waals surface area contributed by atoms with Crippen LogP contribution >= 0.6 is 7.82 Å². The molecule has 346 valence electrons. The Morgan fingerprint density at radius 1 is 0.550 bits per heavy atom. The lowest BCUT2D eigenvalue weighted by molar-refractivity contribution is -0.220. The molecule has 0 saturated heterocycles. The van der Waals surface area contributed by atoms with E-state index in [1.54, 1.807) is 0 Å². The smallest absolute Gasteiger partial charge is 0.457 e. The molecule has 6 N–H and O–H groups in total. The number of aliphatic hydroxyl groups is 5. The van der Waals surface area contributed by atoms with Gasteiger partial charge in [0.2, 0.25) is 0 Å². The Labute approximate surface area is 361 Å². The normalized spacial score (nSPS) is 23.0. The number of unbranched alkanes of at least 4 members (excludes halogenated alkanes) is 13. The number of carbonyl (C=O) groups is 1. The quantitative estimate of drug-likeness (QED) is 0.0150. The molecule has 0 heterocycles. The molecule has 6 unspecified atom stereocenters. The van der Waals surface area contributed by atoms with Gasteiger partial charge in [0, 0.05) is 13.0 Å². The van der Waals surface area contributed by atoms with Crippen molar-refractivity contribution in [3.05, 3.63) is 72.9 Å². The van der Waals surface area contributed by atoms with Crippen LogP contribution in [0.1, 0.15) is 155 Å². The summed E-state index contributed by atoms with van der Waals surface area (Å²) in [6.07, 6.45) is 35.4. The number of phosphoric ester groups is 1. The highest BCUT2D eigenvalue weighted by atomic mass is 31.2. The van der Waals surface area contributed by atoms with Gasteiger partial charge in [0.15, 0.2) is 0 Å². The molecule has 0 amide bonds. The van der Waals surface area contributed by atoms with Crippen molar-refractivity contribution in [3.8, 4) is 0 Å². The number of hydrogen-bond acceptors (Lipinski definition) is 11. The number of carbonyl (C=O) groups excluding carboxylic acids is 1. The summed E-state index contributed by atoms with van der Waals surface area (Å²) in [4.78, 5) is 23.1. The topological polar surface area (TPSA) is 192 Å². The van der Waals surface area contributed by atoms with Crippen molar-refractivity contribution in [2.75, 3.05) is 19.8 Å². The van der Waals surface area contributed by atoms with E-state index in [4.69, 9.17) is 18.5 Å². The molecule has 1 aliphatic carbocycles. The van der Waals surface area contributed by atoms with Gasteiger partial charge in [-0.1, -0.05) is 138 Å². The zero-order valence-corrected chi connectivity index (χ0v) is 37.6. The van der Waals surface area contributed by atoms with Crippen molar-refractivity contribution in [2.45, 2.75) is 198 Å². The Bertz CT molecular complexity index is 1260. The summed E-state index contributed by atoms with van der Waals surface area (Å²) in [6, 6.07) is 0. The summed E-state index contributed by atoms with van der Waals surface area (Å²) < 4.78 is 34.1. The molecule has 0 aromatic heterocycles. The lowest BCUT2D eigenvalue weighted by atomic mass is 9.85. The summed E-state index contributed by atoms with van der Waals surface area (Å²) in [5.74, 6) is -0.500. The van der Waals surface area contributed by atoms with Crippen LogP contribution in [-0.2, 0) is 27.9 Å². The lowest BCUT2D eigenvalue weighted by Gasteiger charge is -2.41. The van der Waals surface area contributed by atoms with E-state index in [1.165, 1.54) is 25.7 Å². The number of phosphoric acid groups is 1. The fourth-order valence-corrected chi connectivity index (χ4v) is 7.41. The highest BCUT2D eigenvalue weighted by molar-refractivity contribution is 7.47. The second-order valence-corrected chi connectivity index (χ2v) is 16.9. The molecule has 0 radical (unpaired) electrons. The Morgan fingerprint density at radius 3 is 1.52 bits per heavy atom. The average Bonchev–Trinajstić information content (AvgIpc) is 3.23. The molecule has 0 aromatic rings. The van der Waals surface area contributed by atoms with Gasteiger partial charge in [-0.3, -0.25) is 13.8 Å². The first-order valence-corrected chi connectivity index (χ1v) is 24.3. The van der Waals surface area contributed by atoms with Crippen LogP contribution < -0.4 is 0 Å². The molecule has 1 fully saturated rings. The molecular weight excluding hydrogens is 787 g/mol. The van der Waals surface area contributed by atoms with Crippen molar-refractivity contribution < 1.29 is 58.3 Å². The maximum absolute atomic E-state index is 12.8. The molecular formula is C47H81O12P. The molecule has 1 rings (SSSR count). The van der Waals surface area contributed by atoms with Crippen LogP contribution in [0.5, 0.6) is 0 Å². The maximum atomic E-state index is 12.8. The van der Waals surface area contributed by atoms with E-state index in [0.717, 1.165) is 103 Å². The van der Waals surface area contributed by atoms with Crippen molar-refractivity contribution in [2.24, 2.45) is 0 Å². The third-order valence-corrected chi connectivity index (χ3v) is 11.0. The number of aliphatic hydroxyl groups excluding tert-OH is 5. The maximum Gasteiger partial charge on any atom is 0.472 e. The van der Waals surface area contributed by atoms with Gasteiger partial charge >= 0.3 is 13.8 Å². The van der Waals surface area contributed by atoms with E-state index in [0.29, 0.717) is 13.0 Å². The van der Waals surface area contributed by atoms with Crippen LogP contribution in [0.3, 0.4) is 0 Å². The fraction of sp³-hybridized carbons (Fsp3) is 0.723. The highest BCUT2D eigenvalue weighted by Crippen LogP contribution is 2.47. The third-order valence-electron chi connectivity index (χ3n) is 10.1. The summed E-state index contributed by atoms with van der Waals surface area (Å²) in [7, 11) is -5.03. The zero-order valence-electron chi connectivity index (χ0n) is 36.7. The zero-order chi connectivity index (χ0) is 44.1. The van der Waals surface area contributed by atoms with Crippen molar-refractivity contribution in [1.82, 2.24) is 0 Å². The van der Waals surface area contributed by atoms with Gasteiger partial charge in [-0.25, -0.2) is 4.57 Å². The predicted molar refractivity (Wildman–Crippen MR) is 239 cm³/mol. The van der Waals surface area contributed by atoms with Gasteiger partial charge in [-0.15, -0.1) is 0 Å². The second-order valence-electron chi connectivity index (χ2n) is 15.5. The lowest BCUT2D eigenvalue weighted by Crippen LogP contribution is -2.64. The minimum Gasteiger partial charge on any atom is -0.457 e. The van der Waals surface area contributed by atoms with Gasteiger partial charge in [-0.2, -0.15) is 0 Å². The predicted octanol–water partition coefficient (Wildman–Crippen LogP) is 9.19. The van der Waals surface area contributed by atoms with Gasteiger partial charge < -0.3 is 39.9 Å². The van der Waals surface area contributed by atoms with E-state index in [-0.39, 0.29) is 13.0 Å². The Kier molecular flexibility index (Phi) is 34.7. The van der Waals surface area contributed by atoms with Gasteiger partial charge in [0.25, 0.3) is 0 Å². The van der Waals surface area contributed by atoms with E-state index in [2.05, 4.69) is 86.8 Å². The summed E-state index contributed by atoms with van der Waals surface area (Å²) in [5.41, 5.74) is 0. The van der Waals surface area contributed by atoms with Gasteiger partial charge in [0.1, 0.15) is 42.7 Å². The van der Waals surface area contributed by atoms with E-state index >= 15 is 0 Å². The molecule has 13 heteroatoms. The Morgan fingerprint density at radius 2 is 0.983 bits per heavy atom. The summed E-state index contributed by atoms with van der Waals surface area (Å²) >= 11 is 0. The van der Waals surface area contributed by atoms with Crippen molar-refractivity contribution in [3.63, 3.8) is 0 Å². The number of hydrogen-bond donors (Lipinski definition) is 6. The van der Waals surface area contributed by atoms with Crippen LogP contribution in [0.25, 0.3) is 0 Å². The largest absolute Gasteiger partial charge is 0.472 e. The highest BCUT2D eigenvalue weighted by Gasteiger charge is 2.51. The SMILES string of the molecule is CC/C=C\C/C=C\C/C=C\C/C=C\C/C=C\CCCCCCOCC(COP(=O)(O)OC1C(O)C(O)C(O)C(O)C1O)OC(=O)CCCCCCC/C=C\CCCCCC. The molecule has 0 aliphatic heterocycles. The number of rotatable bonds is 37. The van der Waals surface area contributed by atoms with Crippen molar-refractivity contribution >= 4 is 13.8 Å². The second kappa shape index (κ2) is 37.3. The van der Waals surface area contributed by atoms with Crippen LogP contribution in [0.4, 0.5) is 0 Å². The van der Waals surface area contributed by atoms with Crippen LogP contribution in [0.2, 0.25) is 0 Å². The first kappa shape index (κ1) is 55.8. The molecule has 12 nitrogen and oxygen atoms in total. The minimum absolute atomic E-state index is 0.101. The first-order chi connectivity index (χ1) is 29.0.